The lowest BCUT2D eigenvalue weighted by molar-refractivity contribution is -0.132. The number of nitrogens with zero attached hydrogens (tertiary/aromatic N) is 6. The van der Waals surface area contributed by atoms with E-state index < -0.39 is 11.9 Å². The third kappa shape index (κ3) is 4.27. The van der Waals surface area contributed by atoms with Crippen LogP contribution in [0.2, 0.25) is 0 Å². The number of carboxylic acids is 1. The number of aromatic nitrogens is 6. The summed E-state index contributed by atoms with van der Waals surface area (Å²) in [4.78, 5) is 24.7. The first kappa shape index (κ1) is 21.7. The van der Waals surface area contributed by atoms with Gasteiger partial charge in [-0.15, -0.1) is 15.3 Å². The maximum atomic E-state index is 12.7. The van der Waals surface area contributed by atoms with Crippen molar-refractivity contribution in [2.45, 2.75) is 6.92 Å². The summed E-state index contributed by atoms with van der Waals surface area (Å²) in [5.74, 6) is -1.31. The second kappa shape index (κ2) is 9.02. The number of aryl methyl sites for hydroxylation is 1. The van der Waals surface area contributed by atoms with E-state index in [1.54, 1.807) is 54.1 Å². The van der Waals surface area contributed by atoms with Crippen molar-refractivity contribution in [2.75, 3.05) is 0 Å². The smallest absolute Gasteiger partial charge is 0.352 e. The summed E-state index contributed by atoms with van der Waals surface area (Å²) in [5.41, 5.74) is 3.16. The molecule has 0 atom stereocenters. The summed E-state index contributed by atoms with van der Waals surface area (Å²) in [5, 5.41) is 29.4. The molecule has 0 fully saturated rings. The maximum absolute atomic E-state index is 12.7. The second-order valence-corrected chi connectivity index (χ2v) is 7.63. The Labute approximate surface area is 199 Å². The Morgan fingerprint density at radius 2 is 1.66 bits per heavy atom. The van der Waals surface area contributed by atoms with Crippen molar-refractivity contribution in [1.29, 1.82) is 0 Å². The van der Waals surface area contributed by atoms with E-state index in [2.05, 4.69) is 25.7 Å². The van der Waals surface area contributed by atoms with Crippen LogP contribution in [0.25, 0.3) is 28.8 Å². The van der Waals surface area contributed by atoms with Crippen LogP contribution in [0.15, 0.2) is 84.8 Å². The minimum atomic E-state index is -1.27. The molecule has 0 radical (unpaired) electrons. The largest absolute Gasteiger partial charge is 0.477 e. The maximum Gasteiger partial charge on any atom is 0.352 e. The molecule has 10 heteroatoms. The number of fused-ring (bicyclic) bond motifs is 1. The summed E-state index contributed by atoms with van der Waals surface area (Å²) in [6, 6.07) is 21.4. The van der Waals surface area contributed by atoms with Crippen LogP contribution in [0, 0.1) is 6.92 Å². The molecule has 0 aliphatic rings. The summed E-state index contributed by atoms with van der Waals surface area (Å²) in [6.07, 6.45) is 2.90. The number of rotatable bonds is 6. The molecule has 0 aliphatic heterocycles. The molecular formula is C25H19N7O3. The first-order valence-electron chi connectivity index (χ1n) is 10.6. The van der Waals surface area contributed by atoms with Gasteiger partial charge in [0.25, 0.3) is 5.91 Å². The van der Waals surface area contributed by atoms with Gasteiger partial charge in [-0.2, -0.15) is 9.61 Å². The van der Waals surface area contributed by atoms with E-state index in [1.165, 1.54) is 16.9 Å². The molecule has 35 heavy (non-hydrogen) atoms. The van der Waals surface area contributed by atoms with Gasteiger partial charge in [-0.1, -0.05) is 48.5 Å². The minimum absolute atomic E-state index is 0.277. The van der Waals surface area contributed by atoms with Gasteiger partial charge in [0.15, 0.2) is 11.5 Å². The van der Waals surface area contributed by atoms with Crippen molar-refractivity contribution in [3.05, 3.63) is 102 Å². The highest BCUT2D eigenvalue weighted by Crippen LogP contribution is 2.30. The lowest BCUT2D eigenvalue weighted by Gasteiger charge is -2.10. The van der Waals surface area contributed by atoms with Crippen molar-refractivity contribution >= 4 is 23.6 Å². The predicted molar refractivity (Wildman–Crippen MR) is 128 cm³/mol. The molecule has 10 nitrogen and oxygen atoms in total. The third-order valence-corrected chi connectivity index (χ3v) is 5.32. The zero-order chi connectivity index (χ0) is 24.4. The molecule has 5 aromatic rings. The van der Waals surface area contributed by atoms with Gasteiger partial charge in [-0.3, -0.25) is 4.79 Å². The molecule has 0 unspecified atom stereocenters. The summed E-state index contributed by atoms with van der Waals surface area (Å²) in [6.45, 7) is 1.77. The number of carbonyl (C=O) groups excluding carboxylic acids is 1. The Morgan fingerprint density at radius 1 is 0.943 bits per heavy atom. The second-order valence-electron chi connectivity index (χ2n) is 7.63. The molecule has 3 aromatic heterocycles. The molecule has 2 N–H and O–H groups in total. The molecule has 0 aliphatic carbocycles. The molecule has 3 heterocycles. The molecule has 0 spiro atoms. The number of amides is 1. The van der Waals surface area contributed by atoms with Gasteiger partial charge in [0.1, 0.15) is 12.0 Å². The van der Waals surface area contributed by atoms with Gasteiger partial charge >= 0.3 is 5.97 Å². The standard InChI is InChI=1S/C25H19N7O3/c1-16-19(14-20(25(34)35)27-24(33)18-10-6-3-7-11-18)23(17-8-4-2-5-9-17)32(29-16)22-13-12-21-28-26-15-31(21)30-22/h2-15H,1H3,(H,27,33)(H,34,35)/b20-14+. The highest BCUT2D eigenvalue weighted by Gasteiger charge is 2.21. The first-order valence-corrected chi connectivity index (χ1v) is 10.6. The van der Waals surface area contributed by atoms with Crippen molar-refractivity contribution < 1.29 is 14.7 Å². The van der Waals surface area contributed by atoms with Crippen molar-refractivity contribution in [3.63, 3.8) is 0 Å². The Morgan fingerprint density at radius 3 is 2.37 bits per heavy atom. The normalized spacial score (nSPS) is 11.5. The molecule has 0 bridgehead atoms. The highest BCUT2D eigenvalue weighted by molar-refractivity contribution is 6.03. The van der Waals surface area contributed by atoms with E-state index in [0.29, 0.717) is 34.0 Å². The van der Waals surface area contributed by atoms with Crippen molar-refractivity contribution in [1.82, 2.24) is 34.9 Å². The van der Waals surface area contributed by atoms with E-state index in [4.69, 9.17) is 0 Å². The zero-order valence-electron chi connectivity index (χ0n) is 18.5. The average Bonchev–Trinajstić information content (AvgIpc) is 3.48. The summed E-state index contributed by atoms with van der Waals surface area (Å²) < 4.78 is 3.16. The molecule has 1 amide bonds. The Balaban J connectivity index is 1.65. The number of aliphatic carboxylic acids is 1. The fourth-order valence-electron chi connectivity index (χ4n) is 3.66. The Bertz CT molecular complexity index is 1570. The Kier molecular flexibility index (Phi) is 5.60. The lowest BCUT2D eigenvalue weighted by atomic mass is 10.0. The van der Waals surface area contributed by atoms with Crippen LogP contribution in [-0.4, -0.2) is 46.6 Å². The van der Waals surface area contributed by atoms with Crippen molar-refractivity contribution in [3.8, 4) is 17.1 Å². The van der Waals surface area contributed by atoms with Gasteiger partial charge in [0.2, 0.25) is 0 Å². The highest BCUT2D eigenvalue weighted by atomic mass is 16.4. The number of hydrogen-bond acceptors (Lipinski definition) is 6. The van der Waals surface area contributed by atoms with Crippen molar-refractivity contribution in [2.24, 2.45) is 0 Å². The lowest BCUT2D eigenvalue weighted by Crippen LogP contribution is -2.27. The predicted octanol–water partition coefficient (Wildman–Crippen LogP) is 3.14. The van der Waals surface area contributed by atoms with Gasteiger partial charge < -0.3 is 10.4 Å². The van der Waals surface area contributed by atoms with E-state index in [-0.39, 0.29) is 5.70 Å². The van der Waals surface area contributed by atoms with Gasteiger partial charge in [0, 0.05) is 16.7 Å². The van der Waals surface area contributed by atoms with E-state index in [1.807, 2.05) is 30.3 Å². The summed E-state index contributed by atoms with van der Waals surface area (Å²) >= 11 is 0. The summed E-state index contributed by atoms with van der Waals surface area (Å²) in [7, 11) is 0. The van der Waals surface area contributed by atoms with Crippen LogP contribution in [0.5, 0.6) is 0 Å². The molecule has 0 saturated heterocycles. The monoisotopic (exact) mass is 465 g/mol. The topological polar surface area (TPSA) is 127 Å². The minimum Gasteiger partial charge on any atom is -0.477 e. The quantitative estimate of drug-likeness (QED) is 0.369. The molecule has 0 saturated carbocycles. The van der Waals surface area contributed by atoms with Crippen LogP contribution in [-0.2, 0) is 4.79 Å². The van der Waals surface area contributed by atoms with Gasteiger partial charge in [0.05, 0.1) is 11.4 Å². The zero-order valence-corrected chi connectivity index (χ0v) is 18.5. The average molecular weight is 465 g/mol. The van der Waals surface area contributed by atoms with Crippen LogP contribution in [0.4, 0.5) is 0 Å². The molecular weight excluding hydrogens is 446 g/mol. The van der Waals surface area contributed by atoms with Crippen LogP contribution in [0.3, 0.4) is 0 Å². The number of benzene rings is 2. The molecule has 2 aromatic carbocycles. The number of nitrogens with one attached hydrogen (secondary N) is 1. The van der Waals surface area contributed by atoms with E-state index in [9.17, 15) is 14.7 Å². The van der Waals surface area contributed by atoms with Crippen LogP contribution in [0.1, 0.15) is 21.6 Å². The molecule has 172 valence electrons. The van der Waals surface area contributed by atoms with Gasteiger partial charge in [-0.05, 0) is 37.3 Å². The number of carbonyl (C=O) groups is 2. The number of hydrogen-bond donors (Lipinski definition) is 2. The van der Waals surface area contributed by atoms with Crippen LogP contribution >= 0.6 is 0 Å². The first-order chi connectivity index (χ1) is 17.0. The van der Waals surface area contributed by atoms with Crippen LogP contribution < -0.4 is 5.32 Å². The van der Waals surface area contributed by atoms with E-state index in [0.717, 1.165) is 5.56 Å². The number of carboxylic acid groups (broad SMARTS) is 1. The Hall–Kier alpha value is -5.12. The molecule has 5 rings (SSSR count). The SMILES string of the molecule is Cc1nn(-c2ccc3nncn3n2)c(-c2ccccc2)c1/C=C(/NC(=O)c1ccccc1)C(=O)O. The fourth-order valence-corrected chi connectivity index (χ4v) is 3.66. The fraction of sp³-hybridized carbons (Fsp3) is 0.0400. The third-order valence-electron chi connectivity index (χ3n) is 5.32. The van der Waals surface area contributed by atoms with E-state index >= 15 is 0 Å². The van der Waals surface area contributed by atoms with Gasteiger partial charge in [-0.25, -0.2) is 9.48 Å².